The summed E-state index contributed by atoms with van der Waals surface area (Å²) in [5.74, 6) is 0.0173. The fraction of sp³-hybridized carbons (Fsp3) is 0. The zero-order valence-corrected chi connectivity index (χ0v) is 18.7. The molecule has 4 heteroatoms. The first kappa shape index (κ1) is 19.2. The molecule has 0 spiro atoms. The molecule has 7 rings (SSSR count). The molecule has 0 fully saturated rings. The molecule has 160 valence electrons. The van der Waals surface area contributed by atoms with Crippen LogP contribution in [-0.4, -0.2) is 11.6 Å². The second-order valence-corrected chi connectivity index (χ2v) is 9.56. The summed E-state index contributed by atoms with van der Waals surface area (Å²) in [5.41, 5.74) is 2.99. The average molecular weight is 457 g/mol. The van der Waals surface area contributed by atoms with Gasteiger partial charge < -0.3 is 4.42 Å². The first-order chi connectivity index (χ1) is 16.7. The highest BCUT2D eigenvalue weighted by molar-refractivity contribution is 7.22. The molecule has 0 bridgehead atoms. The van der Waals surface area contributed by atoms with Gasteiger partial charge in [0.2, 0.25) is 0 Å². The van der Waals surface area contributed by atoms with Crippen LogP contribution in [0.5, 0.6) is 0 Å². The van der Waals surface area contributed by atoms with Crippen LogP contribution in [0.3, 0.4) is 0 Å². The highest BCUT2D eigenvalue weighted by Crippen LogP contribution is 2.39. The molecule has 0 aliphatic heterocycles. The van der Waals surface area contributed by atoms with E-state index in [1.165, 1.54) is 10.8 Å². The van der Waals surface area contributed by atoms with Crippen LogP contribution in [0.25, 0.3) is 48.3 Å². The number of rotatable bonds is 2. The number of allylic oxidation sites excluding steroid dienone is 1. The summed E-state index contributed by atoms with van der Waals surface area (Å²) in [4.78, 5) is 27.2. The van der Waals surface area contributed by atoms with Crippen molar-refractivity contribution in [1.82, 2.24) is 0 Å². The van der Waals surface area contributed by atoms with Crippen molar-refractivity contribution < 1.29 is 14.0 Å². The van der Waals surface area contributed by atoms with Crippen molar-refractivity contribution in [3.63, 3.8) is 0 Å². The third-order valence-electron chi connectivity index (χ3n) is 6.43. The Morgan fingerprint density at radius 2 is 1.29 bits per heavy atom. The predicted octanol–water partition coefficient (Wildman–Crippen LogP) is 7.93. The molecule has 6 aromatic rings. The van der Waals surface area contributed by atoms with Gasteiger partial charge in [-0.25, -0.2) is 0 Å². The Morgan fingerprint density at radius 1 is 0.647 bits per heavy atom. The predicted molar refractivity (Wildman–Crippen MR) is 138 cm³/mol. The molecule has 1 aliphatic rings. The first-order valence-electron chi connectivity index (χ1n) is 11.0. The highest BCUT2D eigenvalue weighted by atomic mass is 32.1. The van der Waals surface area contributed by atoms with Crippen LogP contribution in [0.15, 0.2) is 101 Å². The number of furan rings is 1. The minimum atomic E-state index is -0.248. The van der Waals surface area contributed by atoms with Gasteiger partial charge in [0.25, 0.3) is 0 Å². The summed E-state index contributed by atoms with van der Waals surface area (Å²) < 4.78 is 7.03. The Hall–Kier alpha value is -4.28. The minimum Gasteiger partial charge on any atom is -0.456 e. The van der Waals surface area contributed by atoms with Gasteiger partial charge in [-0.15, -0.1) is 11.3 Å². The van der Waals surface area contributed by atoms with E-state index in [1.54, 1.807) is 17.4 Å². The maximum atomic E-state index is 13.0. The van der Waals surface area contributed by atoms with Crippen LogP contribution in [-0.2, 0) is 0 Å². The van der Waals surface area contributed by atoms with Gasteiger partial charge in [-0.3, -0.25) is 9.59 Å². The SMILES string of the molecule is O=C1C(=Cc2cc3sc(-c4cccc5ccccc45)cc3o2)C(=O)c2cc3ccccc3cc21. The summed E-state index contributed by atoms with van der Waals surface area (Å²) in [6.45, 7) is 0. The first-order valence-corrected chi connectivity index (χ1v) is 11.8. The Labute approximate surface area is 198 Å². The van der Waals surface area contributed by atoms with E-state index < -0.39 is 0 Å². The Morgan fingerprint density at radius 3 is 2.00 bits per heavy atom. The average Bonchev–Trinajstić information content (AvgIpc) is 3.50. The van der Waals surface area contributed by atoms with Crippen LogP contribution in [0.4, 0.5) is 0 Å². The van der Waals surface area contributed by atoms with E-state index in [-0.39, 0.29) is 17.1 Å². The van der Waals surface area contributed by atoms with Crippen molar-refractivity contribution in [2.75, 3.05) is 0 Å². The number of thiophene rings is 1. The van der Waals surface area contributed by atoms with E-state index in [4.69, 9.17) is 4.42 Å². The maximum absolute atomic E-state index is 13.0. The summed E-state index contributed by atoms with van der Waals surface area (Å²) in [7, 11) is 0. The molecule has 0 saturated heterocycles. The minimum absolute atomic E-state index is 0.154. The third kappa shape index (κ3) is 2.82. The molecule has 0 radical (unpaired) electrons. The van der Waals surface area contributed by atoms with Gasteiger partial charge in [-0.2, -0.15) is 0 Å². The van der Waals surface area contributed by atoms with E-state index >= 15 is 0 Å². The largest absolute Gasteiger partial charge is 0.456 e. The maximum Gasteiger partial charge on any atom is 0.197 e. The van der Waals surface area contributed by atoms with E-state index in [1.807, 2.05) is 60.7 Å². The molecule has 34 heavy (non-hydrogen) atoms. The van der Waals surface area contributed by atoms with E-state index in [0.717, 1.165) is 31.5 Å². The summed E-state index contributed by atoms with van der Waals surface area (Å²) in [6.07, 6.45) is 1.58. The lowest BCUT2D eigenvalue weighted by molar-refractivity contribution is 0.0990. The van der Waals surface area contributed by atoms with Crippen molar-refractivity contribution >= 4 is 60.8 Å². The number of hydrogen-bond donors (Lipinski definition) is 0. The lowest BCUT2D eigenvalue weighted by Gasteiger charge is -2.03. The van der Waals surface area contributed by atoms with Gasteiger partial charge >= 0.3 is 0 Å². The van der Waals surface area contributed by atoms with Crippen molar-refractivity contribution in [3.05, 3.63) is 113 Å². The molecule has 0 N–H and O–H groups in total. The number of hydrogen-bond acceptors (Lipinski definition) is 4. The van der Waals surface area contributed by atoms with Crippen LogP contribution < -0.4 is 0 Å². The zero-order valence-electron chi connectivity index (χ0n) is 17.9. The van der Waals surface area contributed by atoms with Crippen LogP contribution in [0.2, 0.25) is 0 Å². The fourth-order valence-corrected chi connectivity index (χ4v) is 5.85. The van der Waals surface area contributed by atoms with Crippen LogP contribution in [0.1, 0.15) is 26.5 Å². The summed E-state index contributed by atoms with van der Waals surface area (Å²) in [5, 5.41) is 4.29. The summed E-state index contributed by atoms with van der Waals surface area (Å²) in [6, 6.07) is 29.9. The number of ketones is 2. The fourth-order valence-electron chi connectivity index (χ4n) is 4.78. The molecule has 0 unspecified atom stereocenters. The lowest BCUT2D eigenvalue weighted by Crippen LogP contribution is -1.99. The molecule has 2 aromatic heterocycles. The van der Waals surface area contributed by atoms with Gasteiger partial charge in [-0.1, -0.05) is 66.7 Å². The van der Waals surface area contributed by atoms with Crippen molar-refractivity contribution in [1.29, 1.82) is 0 Å². The normalized spacial score (nSPS) is 13.4. The Kier molecular flexibility index (Phi) is 4.02. The van der Waals surface area contributed by atoms with Crippen LogP contribution in [0, 0.1) is 0 Å². The van der Waals surface area contributed by atoms with Gasteiger partial charge in [0.1, 0.15) is 11.3 Å². The molecular weight excluding hydrogens is 440 g/mol. The highest BCUT2D eigenvalue weighted by Gasteiger charge is 2.33. The second-order valence-electron chi connectivity index (χ2n) is 8.48. The smallest absolute Gasteiger partial charge is 0.197 e. The lowest BCUT2D eigenvalue weighted by atomic mass is 10.0. The van der Waals surface area contributed by atoms with E-state index in [9.17, 15) is 9.59 Å². The molecule has 0 amide bonds. The number of carbonyl (C=O) groups is 2. The van der Waals surface area contributed by atoms with Crippen molar-refractivity contribution in [2.24, 2.45) is 0 Å². The topological polar surface area (TPSA) is 47.3 Å². The molecular formula is C30H16O3S. The molecule has 3 nitrogen and oxygen atoms in total. The molecule has 0 atom stereocenters. The standard InChI is InChI=1S/C30H16O3S/c31-29-23-12-18-7-1-2-8-19(18)13-24(23)30(32)25(29)14-20-15-28-26(33-20)16-27(34-28)22-11-5-9-17-6-3-4-10-21(17)22/h1-16H. The van der Waals surface area contributed by atoms with Crippen molar-refractivity contribution in [2.45, 2.75) is 0 Å². The quantitative estimate of drug-likeness (QED) is 0.196. The number of fused-ring (bicyclic) bond motifs is 4. The number of Topliss-reactive ketones (excluding diaryl/α,β-unsaturated/α-hetero) is 2. The Bertz CT molecular complexity index is 1750. The zero-order chi connectivity index (χ0) is 22.8. The van der Waals surface area contributed by atoms with Crippen LogP contribution >= 0.6 is 11.3 Å². The molecule has 4 aromatic carbocycles. The van der Waals surface area contributed by atoms with E-state index in [2.05, 4.69) is 30.3 Å². The second kappa shape index (κ2) is 7.11. The van der Waals surface area contributed by atoms with Gasteiger partial charge in [0.05, 0.1) is 10.3 Å². The molecule has 0 saturated carbocycles. The van der Waals surface area contributed by atoms with Gasteiger partial charge in [-0.05, 0) is 45.3 Å². The summed E-state index contributed by atoms with van der Waals surface area (Å²) >= 11 is 1.64. The monoisotopic (exact) mass is 456 g/mol. The molecule has 2 heterocycles. The number of benzene rings is 4. The van der Waals surface area contributed by atoms with Crippen molar-refractivity contribution in [3.8, 4) is 10.4 Å². The molecule has 1 aliphatic carbocycles. The number of carbonyl (C=O) groups excluding carboxylic acids is 2. The van der Waals surface area contributed by atoms with E-state index in [0.29, 0.717) is 16.9 Å². The van der Waals surface area contributed by atoms with Gasteiger partial charge in [0, 0.05) is 28.1 Å². The third-order valence-corrected chi connectivity index (χ3v) is 7.53. The Balaban J connectivity index is 1.28. The van der Waals surface area contributed by atoms with Gasteiger partial charge in [0.15, 0.2) is 11.6 Å².